The molecule has 1 aliphatic rings. The van der Waals surface area contributed by atoms with Gasteiger partial charge in [0.05, 0.1) is 29.1 Å². The van der Waals surface area contributed by atoms with Crippen molar-refractivity contribution in [3.63, 3.8) is 0 Å². The Morgan fingerprint density at radius 2 is 1.84 bits per heavy atom. The number of aryl methyl sites for hydroxylation is 1. The Morgan fingerprint density at radius 1 is 1.12 bits per heavy atom. The molecule has 0 radical (unpaired) electrons. The van der Waals surface area contributed by atoms with Crippen molar-refractivity contribution in [3.05, 3.63) is 89.0 Å². The molecule has 2 N–H and O–H groups in total. The van der Waals surface area contributed by atoms with E-state index in [2.05, 4.69) is 39.6 Å². The number of hydrogen-bond donors (Lipinski definition) is 1. The predicted molar refractivity (Wildman–Crippen MR) is 124 cm³/mol. The lowest BCUT2D eigenvalue weighted by molar-refractivity contribution is -0.130. The van der Waals surface area contributed by atoms with Crippen molar-refractivity contribution in [2.75, 3.05) is 13.1 Å². The van der Waals surface area contributed by atoms with Crippen LogP contribution in [0.15, 0.2) is 61.1 Å². The minimum atomic E-state index is -0.481. The van der Waals surface area contributed by atoms with Gasteiger partial charge >= 0.3 is 0 Å². The second-order valence-corrected chi connectivity index (χ2v) is 8.85. The molecule has 6 nitrogen and oxygen atoms in total. The first-order valence-electron chi connectivity index (χ1n) is 11.0. The molecule has 0 saturated carbocycles. The number of aromatic nitrogens is 2. The summed E-state index contributed by atoms with van der Waals surface area (Å²) in [5, 5.41) is 8.98. The molecule has 4 rings (SSSR count). The largest absolute Gasteiger partial charge is 0.369 e. The summed E-state index contributed by atoms with van der Waals surface area (Å²) in [6.45, 7) is 5.25. The average molecular weight is 428 g/mol. The van der Waals surface area contributed by atoms with Gasteiger partial charge in [-0.25, -0.2) is 4.98 Å². The molecule has 3 aromatic rings. The first kappa shape index (κ1) is 21.8. The van der Waals surface area contributed by atoms with Crippen LogP contribution in [0.4, 0.5) is 0 Å². The maximum atomic E-state index is 12.5. The molecule has 1 aromatic heterocycles. The number of piperidine rings is 1. The summed E-state index contributed by atoms with van der Waals surface area (Å²) in [7, 11) is 0. The van der Waals surface area contributed by atoms with Gasteiger partial charge in [-0.2, -0.15) is 5.26 Å². The maximum absolute atomic E-state index is 12.5. The van der Waals surface area contributed by atoms with Crippen molar-refractivity contribution in [3.8, 4) is 6.07 Å². The average Bonchev–Trinajstić information content (AvgIpc) is 3.23. The molecule has 164 valence electrons. The Morgan fingerprint density at radius 3 is 2.50 bits per heavy atom. The molecule has 32 heavy (non-hydrogen) atoms. The zero-order chi connectivity index (χ0) is 22.6. The van der Waals surface area contributed by atoms with Crippen molar-refractivity contribution in [1.82, 2.24) is 14.5 Å². The highest BCUT2D eigenvalue weighted by atomic mass is 16.1. The number of likely N-dealkylation sites (tertiary alicyclic amines) is 1. The summed E-state index contributed by atoms with van der Waals surface area (Å²) in [5.41, 5.74) is 10.8. The van der Waals surface area contributed by atoms with Crippen LogP contribution in [0.3, 0.4) is 0 Å². The summed E-state index contributed by atoms with van der Waals surface area (Å²) < 4.78 is 2.14. The molecule has 2 heterocycles. The number of carbonyl (C=O) groups excluding carboxylic acids is 1. The smallest absolute Gasteiger partial charge is 0.224 e. The summed E-state index contributed by atoms with van der Waals surface area (Å²) in [4.78, 5) is 19.2. The standard InChI is InChI=1S/C26H29N5O/c1-20-4-2-3-5-23(20)14-26(25(28)32)10-12-30(13-11-26)18-24-16-29-19-31(24)17-22-8-6-21(15-27)7-9-22/h2-9,16,19H,10-14,17-18H2,1H3,(H2,28,32). The third-order valence-electron chi connectivity index (χ3n) is 6.75. The van der Waals surface area contributed by atoms with Gasteiger partial charge in [0.25, 0.3) is 0 Å². The van der Waals surface area contributed by atoms with E-state index in [0.29, 0.717) is 18.5 Å². The summed E-state index contributed by atoms with van der Waals surface area (Å²) in [6, 6.07) is 18.1. The van der Waals surface area contributed by atoms with Crippen LogP contribution >= 0.6 is 0 Å². The molecule has 0 bridgehead atoms. The van der Waals surface area contributed by atoms with Crippen molar-refractivity contribution in [2.24, 2.45) is 11.1 Å². The summed E-state index contributed by atoms with van der Waals surface area (Å²) in [5.74, 6) is -0.189. The molecular formula is C26H29N5O. The van der Waals surface area contributed by atoms with Gasteiger partial charge in [0.15, 0.2) is 0 Å². The third-order valence-corrected chi connectivity index (χ3v) is 6.75. The lowest BCUT2D eigenvalue weighted by atomic mass is 9.72. The number of nitrogens with two attached hydrogens (primary N) is 1. The van der Waals surface area contributed by atoms with Crippen molar-refractivity contribution < 1.29 is 4.79 Å². The number of amides is 1. The molecule has 0 spiro atoms. The van der Waals surface area contributed by atoms with Gasteiger partial charge in [0.1, 0.15) is 0 Å². The Hall–Kier alpha value is -3.43. The molecule has 1 amide bonds. The second-order valence-electron chi connectivity index (χ2n) is 8.85. The van der Waals surface area contributed by atoms with Crippen molar-refractivity contribution in [1.29, 1.82) is 5.26 Å². The lowest BCUT2D eigenvalue weighted by Gasteiger charge is -2.40. The van der Waals surface area contributed by atoms with Crippen molar-refractivity contribution in [2.45, 2.75) is 39.3 Å². The van der Waals surface area contributed by atoms with Gasteiger partial charge in [0.2, 0.25) is 5.91 Å². The fourth-order valence-corrected chi connectivity index (χ4v) is 4.56. The van der Waals surface area contributed by atoms with Crippen LogP contribution in [0.1, 0.15) is 40.8 Å². The summed E-state index contributed by atoms with van der Waals surface area (Å²) in [6.07, 6.45) is 6.00. The van der Waals surface area contributed by atoms with Crippen LogP contribution in [-0.4, -0.2) is 33.4 Å². The molecule has 0 atom stereocenters. The van der Waals surface area contributed by atoms with Crippen LogP contribution in [0.5, 0.6) is 0 Å². The van der Waals surface area contributed by atoms with E-state index in [0.717, 1.165) is 43.7 Å². The Labute approximate surface area is 189 Å². The summed E-state index contributed by atoms with van der Waals surface area (Å²) >= 11 is 0. The van der Waals surface area contributed by atoms with E-state index in [1.807, 2.05) is 48.9 Å². The van der Waals surface area contributed by atoms with E-state index in [1.54, 1.807) is 0 Å². The molecular weight excluding hydrogens is 398 g/mol. The monoisotopic (exact) mass is 427 g/mol. The van der Waals surface area contributed by atoms with Crippen LogP contribution in [0.25, 0.3) is 0 Å². The zero-order valence-corrected chi connectivity index (χ0v) is 18.5. The molecule has 1 saturated heterocycles. The minimum absolute atomic E-state index is 0.189. The van der Waals surface area contributed by atoms with E-state index < -0.39 is 5.41 Å². The number of hydrogen-bond acceptors (Lipinski definition) is 4. The normalized spacial score (nSPS) is 15.9. The van der Waals surface area contributed by atoms with Crippen LogP contribution in [0, 0.1) is 23.7 Å². The van der Waals surface area contributed by atoms with Crippen molar-refractivity contribution >= 4 is 5.91 Å². The molecule has 1 fully saturated rings. The topological polar surface area (TPSA) is 87.9 Å². The number of nitrogens with zero attached hydrogens (tertiary/aromatic N) is 4. The molecule has 2 aromatic carbocycles. The van der Waals surface area contributed by atoms with Gasteiger partial charge in [0, 0.05) is 19.3 Å². The highest BCUT2D eigenvalue weighted by Crippen LogP contribution is 2.36. The lowest BCUT2D eigenvalue weighted by Crippen LogP contribution is -2.48. The van der Waals surface area contributed by atoms with Crippen LogP contribution < -0.4 is 5.73 Å². The minimum Gasteiger partial charge on any atom is -0.369 e. The third kappa shape index (κ3) is 4.74. The van der Waals surface area contributed by atoms with Gasteiger partial charge in [-0.15, -0.1) is 0 Å². The van der Waals surface area contributed by atoms with E-state index in [-0.39, 0.29) is 5.91 Å². The highest BCUT2D eigenvalue weighted by molar-refractivity contribution is 5.81. The molecule has 1 aliphatic heterocycles. The van der Waals surface area contributed by atoms with E-state index in [1.165, 1.54) is 11.1 Å². The maximum Gasteiger partial charge on any atom is 0.224 e. The SMILES string of the molecule is Cc1ccccc1CC1(C(N)=O)CCN(Cc2cncn2Cc2ccc(C#N)cc2)CC1. The molecule has 0 unspecified atom stereocenters. The molecule has 6 heteroatoms. The first-order valence-corrected chi connectivity index (χ1v) is 11.0. The quantitative estimate of drug-likeness (QED) is 0.626. The van der Waals surface area contributed by atoms with Crippen LogP contribution in [0.2, 0.25) is 0 Å². The second kappa shape index (κ2) is 9.37. The number of imidazole rings is 1. The highest BCUT2D eigenvalue weighted by Gasteiger charge is 2.40. The van der Waals surface area contributed by atoms with Gasteiger partial charge in [-0.1, -0.05) is 36.4 Å². The Kier molecular flexibility index (Phi) is 6.38. The Balaban J connectivity index is 1.40. The number of benzene rings is 2. The molecule has 0 aliphatic carbocycles. The van der Waals surface area contributed by atoms with Gasteiger partial charge in [-0.3, -0.25) is 9.69 Å². The number of rotatable bonds is 7. The Bertz CT molecular complexity index is 1120. The number of nitriles is 1. The van der Waals surface area contributed by atoms with Gasteiger partial charge in [-0.05, 0) is 68.1 Å². The zero-order valence-electron chi connectivity index (χ0n) is 18.5. The predicted octanol–water partition coefficient (Wildman–Crippen LogP) is 3.42. The first-order chi connectivity index (χ1) is 15.5. The fourth-order valence-electron chi connectivity index (χ4n) is 4.56. The van der Waals surface area contributed by atoms with E-state index in [9.17, 15) is 4.79 Å². The number of carbonyl (C=O) groups is 1. The van der Waals surface area contributed by atoms with E-state index in [4.69, 9.17) is 11.0 Å². The van der Waals surface area contributed by atoms with Crippen LogP contribution in [-0.2, 0) is 24.3 Å². The number of primary amides is 1. The van der Waals surface area contributed by atoms with E-state index >= 15 is 0 Å². The fraction of sp³-hybridized carbons (Fsp3) is 0.346. The van der Waals surface area contributed by atoms with Gasteiger partial charge < -0.3 is 10.3 Å².